The van der Waals surface area contributed by atoms with Gasteiger partial charge in [0.2, 0.25) is 5.79 Å². The highest BCUT2D eigenvalue weighted by atomic mass is 16.7. The van der Waals surface area contributed by atoms with Gasteiger partial charge in [-0.15, -0.1) is 0 Å². The molecule has 0 spiro atoms. The first-order valence-electron chi connectivity index (χ1n) is 4.80. The molecule has 0 aliphatic carbocycles. The zero-order valence-electron chi connectivity index (χ0n) is 8.85. The van der Waals surface area contributed by atoms with Crippen LogP contribution in [0.5, 0.6) is 0 Å². The van der Waals surface area contributed by atoms with Crippen LogP contribution in [0.25, 0.3) is 10.4 Å². The number of aliphatic hydroxyl groups is 3. The first-order valence-corrected chi connectivity index (χ1v) is 4.80. The fraction of sp³-hybridized carbons (Fsp3) is 1.00. The second kappa shape index (κ2) is 5.44. The van der Waals surface area contributed by atoms with Crippen LogP contribution in [0, 0.1) is 0 Å². The summed E-state index contributed by atoms with van der Waals surface area (Å²) in [7, 11) is 1.25. The van der Waals surface area contributed by atoms with Crippen molar-refractivity contribution in [3.8, 4) is 0 Å². The highest BCUT2D eigenvalue weighted by Gasteiger charge is 2.49. The maximum atomic E-state index is 9.67. The van der Waals surface area contributed by atoms with Gasteiger partial charge in [-0.05, 0) is 5.53 Å². The van der Waals surface area contributed by atoms with E-state index in [0.29, 0.717) is 0 Å². The van der Waals surface area contributed by atoms with Gasteiger partial charge in [0, 0.05) is 18.4 Å². The molecular formula is C8H15N3O5. The highest BCUT2D eigenvalue weighted by Crippen LogP contribution is 2.30. The van der Waals surface area contributed by atoms with Crippen molar-refractivity contribution in [2.24, 2.45) is 5.11 Å². The molecule has 8 nitrogen and oxygen atoms in total. The third-order valence-corrected chi connectivity index (χ3v) is 2.60. The first kappa shape index (κ1) is 13.2. The lowest BCUT2D eigenvalue weighted by Gasteiger charge is -2.44. The van der Waals surface area contributed by atoms with Gasteiger partial charge in [0.05, 0.1) is 18.8 Å². The Bertz CT molecular complexity index is 277. The van der Waals surface area contributed by atoms with Gasteiger partial charge in [-0.3, -0.25) is 0 Å². The number of azide groups is 1. The second-order valence-electron chi connectivity index (χ2n) is 3.58. The third kappa shape index (κ3) is 2.43. The predicted molar refractivity (Wildman–Crippen MR) is 52.3 cm³/mol. The van der Waals surface area contributed by atoms with Crippen LogP contribution < -0.4 is 0 Å². The number of ether oxygens (including phenoxy) is 2. The number of rotatable bonds is 4. The van der Waals surface area contributed by atoms with E-state index in [4.69, 9.17) is 20.1 Å². The number of aliphatic hydroxyl groups excluding tert-OH is 3. The Balaban J connectivity index is 2.79. The average Bonchev–Trinajstić information content (AvgIpc) is 2.31. The topological polar surface area (TPSA) is 128 Å². The first-order chi connectivity index (χ1) is 7.59. The average molecular weight is 233 g/mol. The second-order valence-corrected chi connectivity index (χ2v) is 3.58. The molecule has 0 aromatic heterocycles. The minimum absolute atomic E-state index is 0.00535. The normalized spacial score (nSPS) is 39.1. The van der Waals surface area contributed by atoms with Gasteiger partial charge in [-0.2, -0.15) is 0 Å². The molecular weight excluding hydrogens is 218 g/mol. The van der Waals surface area contributed by atoms with Gasteiger partial charge in [-0.1, -0.05) is 5.11 Å². The number of methoxy groups -OCH3 is 1. The van der Waals surface area contributed by atoms with E-state index in [9.17, 15) is 10.2 Å². The van der Waals surface area contributed by atoms with Gasteiger partial charge in [-0.25, -0.2) is 0 Å². The Kier molecular flexibility index (Phi) is 4.48. The van der Waals surface area contributed by atoms with E-state index < -0.39 is 30.7 Å². The lowest BCUT2D eigenvalue weighted by Crippen LogP contribution is -2.61. The van der Waals surface area contributed by atoms with Gasteiger partial charge < -0.3 is 24.8 Å². The standard InChI is InChI=1S/C8H15N3O5/c1-15-8(4-12)7(14)6(13)2-5(16-8)3-10-11-9/h5-7,12-14H,2-4H2,1H3/t5-,6-,7+,8-/m1/s1. The van der Waals surface area contributed by atoms with E-state index in [1.54, 1.807) is 0 Å². The van der Waals surface area contributed by atoms with Crippen molar-refractivity contribution >= 4 is 0 Å². The van der Waals surface area contributed by atoms with Gasteiger partial charge in [0.1, 0.15) is 12.7 Å². The summed E-state index contributed by atoms with van der Waals surface area (Å²) in [4.78, 5) is 2.57. The molecule has 0 radical (unpaired) electrons. The molecule has 1 saturated heterocycles. The summed E-state index contributed by atoms with van der Waals surface area (Å²) in [6, 6.07) is 0. The molecule has 4 atom stereocenters. The summed E-state index contributed by atoms with van der Waals surface area (Å²) >= 11 is 0. The number of hydrogen-bond acceptors (Lipinski definition) is 6. The monoisotopic (exact) mass is 233 g/mol. The van der Waals surface area contributed by atoms with Crippen LogP contribution in [0.4, 0.5) is 0 Å². The largest absolute Gasteiger partial charge is 0.391 e. The molecule has 0 bridgehead atoms. The fourth-order valence-corrected chi connectivity index (χ4v) is 1.69. The maximum absolute atomic E-state index is 9.67. The quantitative estimate of drug-likeness (QED) is 0.331. The predicted octanol–water partition coefficient (Wildman–Crippen LogP) is -0.858. The zero-order valence-corrected chi connectivity index (χ0v) is 8.85. The fourth-order valence-electron chi connectivity index (χ4n) is 1.69. The SMILES string of the molecule is CO[C@]1(CO)O[C@@H](CN=[N+]=[N-])C[C@@H](O)[C@@H]1O. The Hall–Kier alpha value is -0.890. The van der Waals surface area contributed by atoms with Crippen LogP contribution in [0.1, 0.15) is 6.42 Å². The van der Waals surface area contributed by atoms with Crippen molar-refractivity contribution in [1.29, 1.82) is 0 Å². The molecule has 1 heterocycles. The summed E-state index contributed by atoms with van der Waals surface area (Å²) < 4.78 is 10.2. The van der Waals surface area contributed by atoms with Crippen molar-refractivity contribution in [3.05, 3.63) is 10.4 Å². The molecule has 3 N–H and O–H groups in total. The molecule has 0 unspecified atom stereocenters. The van der Waals surface area contributed by atoms with E-state index in [1.165, 1.54) is 7.11 Å². The van der Waals surface area contributed by atoms with E-state index in [-0.39, 0.29) is 13.0 Å². The van der Waals surface area contributed by atoms with Gasteiger partial charge >= 0.3 is 0 Å². The lowest BCUT2D eigenvalue weighted by molar-refractivity contribution is -0.340. The van der Waals surface area contributed by atoms with Crippen LogP contribution in [-0.4, -0.2) is 59.7 Å². The van der Waals surface area contributed by atoms with Crippen molar-refractivity contribution in [2.45, 2.75) is 30.5 Å². The van der Waals surface area contributed by atoms with E-state index >= 15 is 0 Å². The van der Waals surface area contributed by atoms with Crippen molar-refractivity contribution < 1.29 is 24.8 Å². The van der Waals surface area contributed by atoms with Crippen molar-refractivity contribution in [3.63, 3.8) is 0 Å². The van der Waals surface area contributed by atoms with E-state index in [2.05, 4.69) is 10.0 Å². The van der Waals surface area contributed by atoms with Crippen molar-refractivity contribution in [1.82, 2.24) is 0 Å². The molecule has 1 aliphatic heterocycles. The Morgan fingerprint density at radius 2 is 2.31 bits per heavy atom. The molecule has 0 aromatic carbocycles. The molecule has 0 saturated carbocycles. The van der Waals surface area contributed by atoms with Gasteiger partial charge in [0.15, 0.2) is 0 Å². The van der Waals surface area contributed by atoms with E-state index in [0.717, 1.165) is 0 Å². The minimum Gasteiger partial charge on any atom is -0.391 e. The summed E-state index contributed by atoms with van der Waals surface area (Å²) in [5, 5.41) is 31.7. The minimum atomic E-state index is -1.66. The van der Waals surface area contributed by atoms with Crippen LogP contribution in [0.15, 0.2) is 5.11 Å². The molecule has 16 heavy (non-hydrogen) atoms. The summed E-state index contributed by atoms with van der Waals surface area (Å²) in [6.07, 6.45) is -2.92. The van der Waals surface area contributed by atoms with Crippen molar-refractivity contribution in [2.75, 3.05) is 20.3 Å². The van der Waals surface area contributed by atoms with Crippen LogP contribution >= 0.6 is 0 Å². The van der Waals surface area contributed by atoms with Crippen LogP contribution in [0.3, 0.4) is 0 Å². The molecule has 92 valence electrons. The Labute approximate surface area is 92.0 Å². The summed E-state index contributed by atoms with van der Waals surface area (Å²) in [6.45, 7) is -0.597. The molecule has 1 rings (SSSR count). The Morgan fingerprint density at radius 3 is 2.81 bits per heavy atom. The zero-order chi connectivity index (χ0) is 12.2. The highest BCUT2D eigenvalue weighted by molar-refractivity contribution is 4.92. The molecule has 8 heteroatoms. The number of nitrogens with zero attached hydrogens (tertiary/aromatic N) is 3. The number of hydrogen-bond donors (Lipinski definition) is 3. The summed E-state index contributed by atoms with van der Waals surface area (Å²) in [5.41, 5.74) is 8.17. The van der Waals surface area contributed by atoms with Gasteiger partial charge in [0.25, 0.3) is 0 Å². The molecule has 1 fully saturated rings. The molecule has 0 aromatic rings. The maximum Gasteiger partial charge on any atom is 0.221 e. The lowest BCUT2D eigenvalue weighted by atomic mass is 9.95. The molecule has 0 amide bonds. The Morgan fingerprint density at radius 1 is 1.62 bits per heavy atom. The smallest absolute Gasteiger partial charge is 0.221 e. The van der Waals surface area contributed by atoms with E-state index in [1.807, 2.05) is 0 Å². The third-order valence-electron chi connectivity index (χ3n) is 2.60. The molecule has 1 aliphatic rings. The van der Waals surface area contributed by atoms with Crippen LogP contribution in [0.2, 0.25) is 0 Å². The summed E-state index contributed by atoms with van der Waals surface area (Å²) in [5.74, 6) is -1.66. The van der Waals surface area contributed by atoms with Crippen LogP contribution in [-0.2, 0) is 9.47 Å².